The van der Waals surface area contributed by atoms with Crippen molar-refractivity contribution in [1.29, 1.82) is 0 Å². The van der Waals surface area contributed by atoms with Gasteiger partial charge >= 0.3 is 0 Å². The lowest BCUT2D eigenvalue weighted by Crippen LogP contribution is -2.32. The van der Waals surface area contributed by atoms with Gasteiger partial charge in [0.05, 0.1) is 25.4 Å². The lowest BCUT2D eigenvalue weighted by molar-refractivity contribution is -0.119. The Hall–Kier alpha value is -2.02. The van der Waals surface area contributed by atoms with Crippen LogP contribution in [0.2, 0.25) is 0 Å². The maximum Gasteiger partial charge on any atom is 0.239 e. The Labute approximate surface area is 124 Å². The lowest BCUT2D eigenvalue weighted by atomic mass is 10.4. The first-order valence-electron chi connectivity index (χ1n) is 7.08. The summed E-state index contributed by atoms with van der Waals surface area (Å²) in [6.07, 6.45) is 2.42. The third kappa shape index (κ3) is 5.47. The summed E-state index contributed by atoms with van der Waals surface area (Å²) in [6.45, 7) is 1.77. The van der Waals surface area contributed by atoms with Crippen molar-refractivity contribution in [2.75, 3.05) is 44.5 Å². The minimum atomic E-state index is -0.119. The van der Waals surface area contributed by atoms with Crippen molar-refractivity contribution in [3.8, 4) is 5.88 Å². The number of hydrogen-bond donors (Lipinski definition) is 3. The van der Waals surface area contributed by atoms with Crippen molar-refractivity contribution in [3.63, 3.8) is 0 Å². The number of nitrogens with zero attached hydrogens (tertiary/aromatic N) is 1. The Kier molecular flexibility index (Phi) is 5.62. The molecule has 0 unspecified atom stereocenters. The quantitative estimate of drug-likeness (QED) is 0.578. The van der Waals surface area contributed by atoms with E-state index >= 15 is 0 Å². The molecule has 2 rings (SSSR count). The van der Waals surface area contributed by atoms with E-state index in [-0.39, 0.29) is 12.5 Å². The standard InChI is InChI=1S/C14H22N4O3/c1-20-7-6-16-13(19)8-17-12-5-4-11(15)14(18-12)21-9-10-2-3-10/h4-5,10H,2-3,6-9,15H2,1H3,(H,16,19)(H,17,18). The lowest BCUT2D eigenvalue weighted by Gasteiger charge is -2.10. The number of pyridine rings is 1. The molecule has 1 fully saturated rings. The molecule has 7 heteroatoms. The van der Waals surface area contributed by atoms with Gasteiger partial charge in [-0.2, -0.15) is 4.98 Å². The predicted molar refractivity (Wildman–Crippen MR) is 80.2 cm³/mol. The summed E-state index contributed by atoms with van der Waals surface area (Å²) in [6, 6.07) is 3.45. The predicted octanol–water partition coefficient (Wildman–Crippen LogP) is 0.627. The first-order valence-corrected chi connectivity index (χ1v) is 7.08. The van der Waals surface area contributed by atoms with Gasteiger partial charge in [0.15, 0.2) is 0 Å². The molecule has 21 heavy (non-hydrogen) atoms. The number of anilines is 2. The summed E-state index contributed by atoms with van der Waals surface area (Å²) in [4.78, 5) is 15.8. The second-order valence-electron chi connectivity index (χ2n) is 5.04. The fraction of sp³-hybridized carbons (Fsp3) is 0.571. The van der Waals surface area contributed by atoms with Gasteiger partial charge in [0.2, 0.25) is 11.8 Å². The summed E-state index contributed by atoms with van der Waals surface area (Å²) in [5.41, 5.74) is 6.33. The molecular formula is C14H22N4O3. The Morgan fingerprint density at radius 1 is 1.48 bits per heavy atom. The van der Waals surface area contributed by atoms with Crippen LogP contribution in [-0.4, -0.2) is 44.3 Å². The zero-order chi connectivity index (χ0) is 15.1. The number of nitrogens with one attached hydrogen (secondary N) is 2. The summed E-state index contributed by atoms with van der Waals surface area (Å²) >= 11 is 0. The van der Waals surface area contributed by atoms with Gasteiger partial charge in [0.25, 0.3) is 0 Å². The largest absolute Gasteiger partial charge is 0.476 e. The number of nitrogen functional groups attached to an aromatic ring is 1. The minimum absolute atomic E-state index is 0.119. The molecule has 116 valence electrons. The number of amides is 1. The monoisotopic (exact) mass is 294 g/mol. The molecule has 1 amide bonds. The molecule has 1 aliphatic carbocycles. The molecule has 1 aromatic heterocycles. The number of hydrogen-bond acceptors (Lipinski definition) is 6. The van der Waals surface area contributed by atoms with Crippen LogP contribution < -0.4 is 21.1 Å². The molecule has 7 nitrogen and oxygen atoms in total. The maximum absolute atomic E-state index is 11.6. The molecule has 0 saturated heterocycles. The third-order valence-electron chi connectivity index (χ3n) is 3.10. The van der Waals surface area contributed by atoms with E-state index in [0.717, 1.165) is 0 Å². The normalized spacial score (nSPS) is 13.8. The van der Waals surface area contributed by atoms with Crippen LogP contribution in [0.3, 0.4) is 0 Å². The van der Waals surface area contributed by atoms with Crippen molar-refractivity contribution >= 4 is 17.4 Å². The molecule has 0 radical (unpaired) electrons. The average molecular weight is 294 g/mol. The number of nitrogens with two attached hydrogens (primary N) is 1. The fourth-order valence-electron chi connectivity index (χ4n) is 1.67. The maximum atomic E-state index is 11.6. The van der Waals surface area contributed by atoms with Crippen LogP contribution in [0.4, 0.5) is 11.5 Å². The molecule has 0 spiro atoms. The topological polar surface area (TPSA) is 98.5 Å². The smallest absolute Gasteiger partial charge is 0.239 e. The van der Waals surface area contributed by atoms with Gasteiger partial charge in [-0.05, 0) is 30.9 Å². The second kappa shape index (κ2) is 7.68. The summed E-state index contributed by atoms with van der Waals surface area (Å²) in [5.74, 6) is 1.50. The van der Waals surface area contributed by atoms with Crippen LogP contribution in [0.5, 0.6) is 5.88 Å². The molecule has 4 N–H and O–H groups in total. The van der Waals surface area contributed by atoms with Crippen molar-refractivity contribution in [3.05, 3.63) is 12.1 Å². The van der Waals surface area contributed by atoms with E-state index in [1.54, 1.807) is 19.2 Å². The second-order valence-corrected chi connectivity index (χ2v) is 5.04. The zero-order valence-electron chi connectivity index (χ0n) is 12.2. The van der Waals surface area contributed by atoms with Crippen LogP contribution >= 0.6 is 0 Å². The Morgan fingerprint density at radius 3 is 3.00 bits per heavy atom. The van der Waals surface area contributed by atoms with Gasteiger partial charge in [0.1, 0.15) is 5.82 Å². The van der Waals surface area contributed by atoms with E-state index in [0.29, 0.717) is 43.1 Å². The van der Waals surface area contributed by atoms with Crippen molar-refractivity contribution in [2.45, 2.75) is 12.8 Å². The SMILES string of the molecule is COCCNC(=O)CNc1ccc(N)c(OCC2CC2)n1. The molecule has 1 saturated carbocycles. The molecule has 1 aromatic rings. The fourth-order valence-corrected chi connectivity index (χ4v) is 1.67. The first-order chi connectivity index (χ1) is 10.2. The molecule has 0 aliphatic heterocycles. The van der Waals surface area contributed by atoms with Crippen LogP contribution in [0.15, 0.2) is 12.1 Å². The number of ether oxygens (including phenoxy) is 2. The van der Waals surface area contributed by atoms with Crippen molar-refractivity contribution in [1.82, 2.24) is 10.3 Å². The molecule has 0 aromatic carbocycles. The van der Waals surface area contributed by atoms with Crippen LogP contribution in [0, 0.1) is 5.92 Å². The van der Waals surface area contributed by atoms with Crippen molar-refractivity contribution in [2.24, 2.45) is 5.92 Å². The highest BCUT2D eigenvalue weighted by molar-refractivity contribution is 5.80. The van der Waals surface area contributed by atoms with E-state index in [4.69, 9.17) is 15.2 Å². The molecular weight excluding hydrogens is 272 g/mol. The van der Waals surface area contributed by atoms with Gasteiger partial charge in [0, 0.05) is 13.7 Å². The highest BCUT2D eigenvalue weighted by Gasteiger charge is 2.22. The van der Waals surface area contributed by atoms with Crippen LogP contribution in [-0.2, 0) is 9.53 Å². The van der Waals surface area contributed by atoms with E-state index in [1.165, 1.54) is 12.8 Å². The van der Waals surface area contributed by atoms with E-state index < -0.39 is 0 Å². The molecule has 1 heterocycles. The number of rotatable bonds is 9. The van der Waals surface area contributed by atoms with E-state index in [1.807, 2.05) is 0 Å². The average Bonchev–Trinajstić information content (AvgIpc) is 3.29. The number of carbonyl (C=O) groups is 1. The minimum Gasteiger partial charge on any atom is -0.476 e. The molecule has 1 aliphatic rings. The summed E-state index contributed by atoms with van der Waals surface area (Å²) in [7, 11) is 1.59. The van der Waals surface area contributed by atoms with Gasteiger partial charge in [-0.25, -0.2) is 0 Å². The van der Waals surface area contributed by atoms with Crippen molar-refractivity contribution < 1.29 is 14.3 Å². The highest BCUT2D eigenvalue weighted by Crippen LogP contribution is 2.30. The number of aromatic nitrogens is 1. The third-order valence-corrected chi connectivity index (χ3v) is 3.10. The summed E-state index contributed by atoms with van der Waals surface area (Å²) < 4.78 is 10.5. The number of methoxy groups -OCH3 is 1. The Bertz CT molecular complexity index is 477. The van der Waals surface area contributed by atoms with Crippen LogP contribution in [0.25, 0.3) is 0 Å². The summed E-state index contributed by atoms with van der Waals surface area (Å²) in [5, 5.41) is 5.66. The molecule has 0 bridgehead atoms. The van der Waals surface area contributed by atoms with Crippen LogP contribution in [0.1, 0.15) is 12.8 Å². The highest BCUT2D eigenvalue weighted by atomic mass is 16.5. The van der Waals surface area contributed by atoms with Gasteiger partial charge in [-0.3, -0.25) is 4.79 Å². The van der Waals surface area contributed by atoms with Gasteiger partial charge in [-0.1, -0.05) is 0 Å². The number of carbonyl (C=O) groups excluding carboxylic acids is 1. The van der Waals surface area contributed by atoms with E-state index in [9.17, 15) is 4.79 Å². The molecule has 0 atom stereocenters. The van der Waals surface area contributed by atoms with Gasteiger partial charge in [-0.15, -0.1) is 0 Å². The Balaban J connectivity index is 1.79. The van der Waals surface area contributed by atoms with Gasteiger partial charge < -0.3 is 25.8 Å². The van der Waals surface area contributed by atoms with E-state index in [2.05, 4.69) is 15.6 Å². The first kappa shape index (κ1) is 15.4. The Morgan fingerprint density at radius 2 is 2.29 bits per heavy atom. The zero-order valence-corrected chi connectivity index (χ0v) is 12.2.